The molecule has 0 aliphatic heterocycles. The summed E-state index contributed by atoms with van der Waals surface area (Å²) in [4.78, 5) is 4.25. The van der Waals surface area contributed by atoms with Gasteiger partial charge < -0.3 is 9.16 Å². The quantitative estimate of drug-likeness (QED) is 0.531. The molecular formula is C19H32BrNO2Si. The second kappa shape index (κ2) is 8.32. The molecular weight excluding hydrogens is 382 g/mol. The molecule has 1 heterocycles. The number of aromatic nitrogens is 1. The Morgan fingerprint density at radius 3 is 2.25 bits per heavy atom. The predicted octanol–water partition coefficient (Wildman–Crippen LogP) is 6.05. The lowest BCUT2D eigenvalue weighted by Gasteiger charge is -2.38. The summed E-state index contributed by atoms with van der Waals surface area (Å²) in [7, 11) is -1.61. The van der Waals surface area contributed by atoms with Crippen LogP contribution in [-0.2, 0) is 4.43 Å². The molecule has 1 saturated carbocycles. The van der Waals surface area contributed by atoms with E-state index in [1.165, 1.54) is 25.7 Å². The molecule has 1 aliphatic carbocycles. The van der Waals surface area contributed by atoms with Crippen molar-refractivity contribution in [3.63, 3.8) is 0 Å². The number of halogens is 1. The van der Waals surface area contributed by atoms with Gasteiger partial charge in [-0.05, 0) is 61.7 Å². The fourth-order valence-corrected chi connectivity index (χ4v) is 4.17. The van der Waals surface area contributed by atoms with Crippen LogP contribution >= 0.6 is 15.9 Å². The average Bonchev–Trinajstić information content (AvgIpc) is 2.51. The summed E-state index contributed by atoms with van der Waals surface area (Å²) in [5.74, 6) is 2.09. The third-order valence-corrected chi connectivity index (χ3v) is 10.6. The summed E-state index contributed by atoms with van der Waals surface area (Å²) in [5.41, 5.74) is 0. The van der Waals surface area contributed by atoms with E-state index in [2.05, 4.69) is 54.8 Å². The average molecular weight is 414 g/mol. The van der Waals surface area contributed by atoms with Gasteiger partial charge in [0, 0.05) is 23.3 Å². The van der Waals surface area contributed by atoms with Crippen LogP contribution in [0, 0.1) is 11.8 Å². The zero-order valence-electron chi connectivity index (χ0n) is 15.8. The van der Waals surface area contributed by atoms with E-state index in [0.29, 0.717) is 16.8 Å². The molecule has 136 valence electrons. The zero-order valence-corrected chi connectivity index (χ0v) is 18.4. The first-order valence-electron chi connectivity index (χ1n) is 9.06. The van der Waals surface area contributed by atoms with Gasteiger partial charge in [-0.1, -0.05) is 36.7 Å². The Kier molecular flexibility index (Phi) is 6.91. The topological polar surface area (TPSA) is 31.4 Å². The van der Waals surface area contributed by atoms with Gasteiger partial charge in [-0.25, -0.2) is 4.98 Å². The Bertz CT molecular complexity index is 522. The van der Waals surface area contributed by atoms with Crippen molar-refractivity contribution in [2.24, 2.45) is 11.8 Å². The van der Waals surface area contributed by atoms with Gasteiger partial charge in [0.05, 0.1) is 6.61 Å². The molecule has 0 aromatic carbocycles. The summed E-state index contributed by atoms with van der Waals surface area (Å²) in [6.07, 6.45) is 6.76. The maximum atomic E-state index is 6.40. The lowest BCUT2D eigenvalue weighted by Crippen LogP contribution is -2.42. The molecule has 0 bridgehead atoms. The molecule has 0 N–H and O–H groups in total. The minimum Gasteiger partial charge on any atom is -0.477 e. The van der Waals surface area contributed by atoms with Crippen molar-refractivity contribution in [2.45, 2.75) is 64.6 Å². The van der Waals surface area contributed by atoms with Crippen LogP contribution in [0.2, 0.25) is 18.1 Å². The smallest absolute Gasteiger partial charge is 0.214 e. The molecule has 3 nitrogen and oxygen atoms in total. The molecule has 0 atom stereocenters. The van der Waals surface area contributed by atoms with Gasteiger partial charge in [0.25, 0.3) is 0 Å². The van der Waals surface area contributed by atoms with E-state index in [4.69, 9.17) is 9.16 Å². The minimum atomic E-state index is -1.61. The lowest BCUT2D eigenvalue weighted by atomic mass is 9.83. The highest BCUT2D eigenvalue weighted by atomic mass is 79.9. The standard InChI is InChI=1S/C19H32BrNO2Si/c1-19(2,3)24(4,5)23-14-16-8-6-15(7-9-16)13-22-18-12-17(20)10-11-21-18/h10-12,15-16H,6-9,13-14H2,1-5H3. The number of rotatable bonds is 6. The fourth-order valence-electron chi connectivity index (χ4n) is 2.77. The fraction of sp³-hybridized carbons (Fsp3) is 0.737. The van der Waals surface area contributed by atoms with Crippen LogP contribution in [0.25, 0.3) is 0 Å². The van der Waals surface area contributed by atoms with Crippen LogP contribution in [0.5, 0.6) is 5.88 Å². The first-order chi connectivity index (χ1) is 11.2. The van der Waals surface area contributed by atoms with E-state index < -0.39 is 8.32 Å². The molecule has 2 rings (SSSR count). The first-order valence-corrected chi connectivity index (χ1v) is 12.8. The molecule has 0 spiro atoms. The number of hydrogen-bond acceptors (Lipinski definition) is 3. The molecule has 0 amide bonds. The van der Waals surface area contributed by atoms with E-state index in [9.17, 15) is 0 Å². The Labute approximate surface area is 156 Å². The van der Waals surface area contributed by atoms with Crippen molar-refractivity contribution in [3.05, 3.63) is 22.8 Å². The monoisotopic (exact) mass is 413 g/mol. The molecule has 1 fully saturated rings. The first kappa shape index (κ1) is 19.9. The molecule has 1 aromatic heterocycles. The van der Waals surface area contributed by atoms with Gasteiger partial charge in [-0.2, -0.15) is 0 Å². The number of hydrogen-bond donors (Lipinski definition) is 0. The van der Waals surface area contributed by atoms with E-state index in [1.807, 2.05) is 12.1 Å². The van der Waals surface area contributed by atoms with E-state index >= 15 is 0 Å². The van der Waals surface area contributed by atoms with E-state index in [1.54, 1.807) is 6.20 Å². The summed E-state index contributed by atoms with van der Waals surface area (Å²) >= 11 is 3.45. The van der Waals surface area contributed by atoms with Gasteiger partial charge in [0.15, 0.2) is 8.32 Å². The van der Waals surface area contributed by atoms with Crippen molar-refractivity contribution in [3.8, 4) is 5.88 Å². The zero-order chi connectivity index (χ0) is 17.8. The molecule has 1 aromatic rings. The second-order valence-electron chi connectivity index (χ2n) is 8.58. The second-order valence-corrected chi connectivity index (χ2v) is 14.3. The van der Waals surface area contributed by atoms with Crippen molar-refractivity contribution in [2.75, 3.05) is 13.2 Å². The van der Waals surface area contributed by atoms with Crippen LogP contribution in [-0.4, -0.2) is 26.5 Å². The molecule has 0 radical (unpaired) electrons. The van der Waals surface area contributed by atoms with Crippen molar-refractivity contribution in [1.82, 2.24) is 4.98 Å². The normalized spacial score (nSPS) is 22.4. The van der Waals surface area contributed by atoms with Crippen LogP contribution in [0.3, 0.4) is 0 Å². The summed E-state index contributed by atoms with van der Waals surface area (Å²) in [6.45, 7) is 13.3. The molecule has 1 aliphatic rings. The largest absolute Gasteiger partial charge is 0.477 e. The van der Waals surface area contributed by atoms with Gasteiger partial charge in [-0.3, -0.25) is 0 Å². The van der Waals surface area contributed by atoms with Gasteiger partial charge in [0.1, 0.15) is 0 Å². The maximum absolute atomic E-state index is 6.40. The van der Waals surface area contributed by atoms with Crippen LogP contribution in [0.4, 0.5) is 0 Å². The van der Waals surface area contributed by atoms with Crippen LogP contribution in [0.1, 0.15) is 46.5 Å². The Hall–Kier alpha value is -0.393. The van der Waals surface area contributed by atoms with E-state index in [-0.39, 0.29) is 0 Å². The number of pyridine rings is 1. The third kappa shape index (κ3) is 5.85. The van der Waals surface area contributed by atoms with Crippen molar-refractivity contribution < 1.29 is 9.16 Å². The Morgan fingerprint density at radius 2 is 1.71 bits per heavy atom. The summed E-state index contributed by atoms with van der Waals surface area (Å²) < 4.78 is 13.3. The van der Waals surface area contributed by atoms with Crippen LogP contribution < -0.4 is 4.74 Å². The molecule has 24 heavy (non-hydrogen) atoms. The minimum absolute atomic E-state index is 0.301. The Morgan fingerprint density at radius 1 is 1.12 bits per heavy atom. The number of nitrogens with zero attached hydrogens (tertiary/aromatic N) is 1. The highest BCUT2D eigenvalue weighted by Gasteiger charge is 2.37. The lowest BCUT2D eigenvalue weighted by molar-refractivity contribution is 0.140. The molecule has 5 heteroatoms. The highest BCUT2D eigenvalue weighted by Crippen LogP contribution is 2.38. The maximum Gasteiger partial charge on any atom is 0.214 e. The van der Waals surface area contributed by atoms with Crippen molar-refractivity contribution in [1.29, 1.82) is 0 Å². The SMILES string of the molecule is CC(C)(C)[Si](C)(C)OCC1CCC(COc2cc(Br)ccn2)CC1. The van der Waals surface area contributed by atoms with Gasteiger partial charge >= 0.3 is 0 Å². The molecule has 0 unspecified atom stereocenters. The Balaban J connectivity index is 1.70. The van der Waals surface area contributed by atoms with Gasteiger partial charge in [-0.15, -0.1) is 0 Å². The number of ether oxygens (including phenoxy) is 1. The van der Waals surface area contributed by atoms with Crippen LogP contribution in [0.15, 0.2) is 22.8 Å². The molecule has 0 saturated heterocycles. The predicted molar refractivity (Wildman–Crippen MR) is 106 cm³/mol. The van der Waals surface area contributed by atoms with Crippen molar-refractivity contribution >= 4 is 24.2 Å². The summed E-state index contributed by atoms with van der Waals surface area (Å²) in [6, 6.07) is 3.85. The summed E-state index contributed by atoms with van der Waals surface area (Å²) in [5, 5.41) is 0.301. The third-order valence-electron chi connectivity index (χ3n) is 5.62. The highest BCUT2D eigenvalue weighted by molar-refractivity contribution is 9.10. The van der Waals surface area contributed by atoms with E-state index in [0.717, 1.165) is 23.6 Å². The van der Waals surface area contributed by atoms with Gasteiger partial charge in [0.2, 0.25) is 5.88 Å².